The zero-order chi connectivity index (χ0) is 18.8. The maximum absolute atomic E-state index is 14.7. The third-order valence-electron chi connectivity index (χ3n) is 4.35. The Bertz CT molecular complexity index is 963. The highest BCUT2D eigenvalue weighted by Gasteiger charge is 2.31. The molecule has 138 valence electrons. The molecule has 0 saturated carbocycles. The van der Waals surface area contributed by atoms with Gasteiger partial charge in [-0.15, -0.1) is 10.2 Å². The Morgan fingerprint density at radius 1 is 1.30 bits per heavy atom. The number of nitrogens with zero attached hydrogens (tertiary/aromatic N) is 4. The van der Waals surface area contributed by atoms with Gasteiger partial charge in [-0.1, -0.05) is 24.3 Å². The molecule has 1 saturated heterocycles. The third kappa shape index (κ3) is 3.66. The zero-order valence-corrected chi connectivity index (χ0v) is 15.4. The summed E-state index contributed by atoms with van der Waals surface area (Å²) in [5, 5.41) is 9.51. The minimum Gasteiger partial charge on any atom is -0.444 e. The van der Waals surface area contributed by atoms with E-state index in [9.17, 15) is 9.18 Å². The van der Waals surface area contributed by atoms with Gasteiger partial charge >= 0.3 is 6.09 Å². The molecule has 6 nitrogen and oxygen atoms in total. The number of hydrogen-bond acceptors (Lipinski definition) is 6. The van der Waals surface area contributed by atoms with Crippen LogP contribution in [0, 0.1) is 5.82 Å². The number of cyclic esters (lactones) is 1. The highest BCUT2D eigenvalue weighted by molar-refractivity contribution is 7.14. The summed E-state index contributed by atoms with van der Waals surface area (Å²) in [6.45, 7) is 2.38. The minimum atomic E-state index is -0.444. The van der Waals surface area contributed by atoms with Crippen molar-refractivity contribution < 1.29 is 13.9 Å². The summed E-state index contributed by atoms with van der Waals surface area (Å²) in [6.07, 6.45) is 2.41. The van der Waals surface area contributed by atoms with E-state index in [-0.39, 0.29) is 6.10 Å². The monoisotopic (exact) mass is 384 g/mol. The predicted octanol–water partition coefficient (Wildman–Crippen LogP) is 4.07. The van der Waals surface area contributed by atoms with Gasteiger partial charge in [0.25, 0.3) is 0 Å². The fourth-order valence-corrected chi connectivity index (χ4v) is 3.76. The lowest BCUT2D eigenvalue weighted by molar-refractivity contribution is 0.139. The number of hydrogen-bond donors (Lipinski definition) is 0. The Hall–Kier alpha value is -2.87. The van der Waals surface area contributed by atoms with E-state index in [2.05, 4.69) is 15.2 Å². The van der Waals surface area contributed by atoms with Gasteiger partial charge in [-0.2, -0.15) is 0 Å². The van der Waals surface area contributed by atoms with Gasteiger partial charge in [0, 0.05) is 23.9 Å². The van der Waals surface area contributed by atoms with Crippen LogP contribution in [0.4, 0.5) is 14.9 Å². The molecule has 4 rings (SSSR count). The van der Waals surface area contributed by atoms with E-state index < -0.39 is 11.9 Å². The van der Waals surface area contributed by atoms with Crippen LogP contribution >= 0.6 is 11.3 Å². The number of aromatic nitrogens is 3. The van der Waals surface area contributed by atoms with Gasteiger partial charge in [-0.05, 0) is 36.8 Å². The van der Waals surface area contributed by atoms with Crippen molar-refractivity contribution in [3.8, 4) is 10.6 Å². The summed E-state index contributed by atoms with van der Waals surface area (Å²) in [5.74, 6) is -0.444. The lowest BCUT2D eigenvalue weighted by Crippen LogP contribution is -2.24. The number of amides is 1. The fraction of sp³-hybridized carbons (Fsp3) is 0.263. The van der Waals surface area contributed by atoms with Crippen LogP contribution in [0.25, 0.3) is 10.6 Å². The SMILES string of the molecule is CC[C@H]1CN(c2ccc(-c3nnc(Cc4ccccn4)s3)c(F)c2)C(=O)O1. The van der Waals surface area contributed by atoms with Crippen LogP contribution in [0.3, 0.4) is 0 Å². The van der Waals surface area contributed by atoms with Gasteiger partial charge in [0.1, 0.15) is 16.9 Å². The molecule has 0 N–H and O–H groups in total. The molecular formula is C19H17FN4O2S. The first-order valence-corrected chi connectivity index (χ1v) is 9.46. The number of rotatable bonds is 5. The Labute approximate surface area is 159 Å². The first-order chi connectivity index (χ1) is 13.1. The molecule has 3 heterocycles. The van der Waals surface area contributed by atoms with Crippen molar-refractivity contribution in [2.24, 2.45) is 0 Å². The Balaban J connectivity index is 1.54. The maximum atomic E-state index is 14.7. The zero-order valence-electron chi connectivity index (χ0n) is 14.6. The van der Waals surface area contributed by atoms with Gasteiger partial charge in [-0.3, -0.25) is 9.88 Å². The molecule has 0 spiro atoms. The number of benzene rings is 1. The molecule has 1 atom stereocenters. The van der Waals surface area contributed by atoms with Crippen LogP contribution in [-0.2, 0) is 11.2 Å². The lowest BCUT2D eigenvalue weighted by Gasteiger charge is -2.13. The van der Waals surface area contributed by atoms with Crippen LogP contribution < -0.4 is 4.90 Å². The van der Waals surface area contributed by atoms with Crippen molar-refractivity contribution in [1.82, 2.24) is 15.2 Å². The highest BCUT2D eigenvalue weighted by Crippen LogP contribution is 2.31. The van der Waals surface area contributed by atoms with Crippen LogP contribution in [0.5, 0.6) is 0 Å². The maximum Gasteiger partial charge on any atom is 0.414 e. The third-order valence-corrected chi connectivity index (χ3v) is 5.31. The molecule has 0 bridgehead atoms. The number of ether oxygens (including phenoxy) is 1. The number of pyridine rings is 1. The van der Waals surface area contributed by atoms with E-state index >= 15 is 0 Å². The molecule has 0 unspecified atom stereocenters. The van der Waals surface area contributed by atoms with Crippen LogP contribution in [0.2, 0.25) is 0 Å². The van der Waals surface area contributed by atoms with Gasteiger partial charge in [0.2, 0.25) is 0 Å². The van der Waals surface area contributed by atoms with Crippen molar-refractivity contribution in [3.05, 3.63) is 59.1 Å². The van der Waals surface area contributed by atoms with Crippen LogP contribution in [0.15, 0.2) is 42.6 Å². The summed E-state index contributed by atoms with van der Waals surface area (Å²) in [7, 11) is 0. The molecule has 2 aromatic heterocycles. The van der Waals surface area contributed by atoms with Crippen molar-refractivity contribution >= 4 is 23.1 Å². The van der Waals surface area contributed by atoms with Crippen molar-refractivity contribution in [2.75, 3.05) is 11.4 Å². The van der Waals surface area contributed by atoms with E-state index in [0.29, 0.717) is 29.2 Å². The number of halogens is 1. The molecule has 8 heteroatoms. The van der Waals surface area contributed by atoms with Crippen molar-refractivity contribution in [2.45, 2.75) is 25.9 Å². The highest BCUT2D eigenvalue weighted by atomic mass is 32.1. The molecule has 3 aromatic rings. The Morgan fingerprint density at radius 3 is 2.89 bits per heavy atom. The predicted molar refractivity (Wildman–Crippen MR) is 100 cm³/mol. The topological polar surface area (TPSA) is 68.2 Å². The molecule has 1 aromatic carbocycles. The van der Waals surface area contributed by atoms with Gasteiger partial charge < -0.3 is 4.74 Å². The van der Waals surface area contributed by atoms with Gasteiger partial charge in [0.15, 0.2) is 5.01 Å². The second-order valence-electron chi connectivity index (χ2n) is 6.19. The summed E-state index contributed by atoms with van der Waals surface area (Å²) >= 11 is 1.33. The summed E-state index contributed by atoms with van der Waals surface area (Å²) in [5.41, 5.74) is 1.73. The molecule has 1 aliphatic rings. The average Bonchev–Trinajstić information content (AvgIpc) is 3.29. The smallest absolute Gasteiger partial charge is 0.414 e. The second kappa shape index (κ2) is 7.40. The van der Waals surface area contributed by atoms with E-state index in [1.165, 1.54) is 22.3 Å². The van der Waals surface area contributed by atoms with Crippen molar-refractivity contribution in [1.29, 1.82) is 0 Å². The fourth-order valence-electron chi connectivity index (χ4n) is 2.88. The molecule has 0 aliphatic carbocycles. The molecule has 1 aliphatic heterocycles. The lowest BCUT2D eigenvalue weighted by atomic mass is 10.2. The molecule has 0 radical (unpaired) electrons. The van der Waals surface area contributed by atoms with Gasteiger partial charge in [0.05, 0.1) is 12.2 Å². The molecule has 1 fully saturated rings. The minimum absolute atomic E-state index is 0.155. The number of anilines is 1. The summed E-state index contributed by atoms with van der Waals surface area (Å²) < 4.78 is 19.9. The Kier molecular flexibility index (Phi) is 4.81. The van der Waals surface area contributed by atoms with E-state index in [1.54, 1.807) is 18.3 Å². The standard InChI is InChI=1S/C19H17FN4O2S/c1-2-14-11-24(19(25)26-14)13-6-7-15(16(20)10-13)18-23-22-17(27-18)9-12-5-3-4-8-21-12/h3-8,10,14H,2,9,11H2,1H3/t14-/m0/s1. The van der Waals surface area contributed by atoms with Crippen molar-refractivity contribution in [3.63, 3.8) is 0 Å². The summed E-state index contributed by atoms with van der Waals surface area (Å²) in [6, 6.07) is 10.4. The second-order valence-corrected chi connectivity index (χ2v) is 7.25. The first-order valence-electron chi connectivity index (χ1n) is 8.64. The van der Waals surface area contributed by atoms with E-state index in [0.717, 1.165) is 17.1 Å². The number of carbonyl (C=O) groups is 1. The molecule has 27 heavy (non-hydrogen) atoms. The van der Waals surface area contributed by atoms with Gasteiger partial charge in [-0.25, -0.2) is 9.18 Å². The summed E-state index contributed by atoms with van der Waals surface area (Å²) in [4.78, 5) is 17.7. The van der Waals surface area contributed by atoms with E-state index in [1.807, 2.05) is 25.1 Å². The Morgan fingerprint density at radius 2 is 2.19 bits per heavy atom. The largest absolute Gasteiger partial charge is 0.444 e. The molecule has 1 amide bonds. The number of carbonyl (C=O) groups excluding carboxylic acids is 1. The van der Waals surface area contributed by atoms with Crippen LogP contribution in [0.1, 0.15) is 24.0 Å². The first kappa shape index (κ1) is 17.5. The van der Waals surface area contributed by atoms with E-state index in [4.69, 9.17) is 4.74 Å². The normalized spacial score (nSPS) is 16.6. The molecular weight excluding hydrogens is 367 g/mol. The van der Waals surface area contributed by atoms with Crippen LogP contribution in [-0.4, -0.2) is 33.9 Å². The average molecular weight is 384 g/mol. The quantitative estimate of drug-likeness (QED) is 0.663.